The number of carbonyl (C=O) groups is 2. The molecule has 1 amide bonds. The van der Waals surface area contributed by atoms with Crippen LogP contribution in [0.3, 0.4) is 0 Å². The number of nitrogens with zero attached hydrogens (tertiary/aromatic N) is 1. The van der Waals surface area contributed by atoms with Crippen molar-refractivity contribution in [2.75, 3.05) is 5.32 Å². The van der Waals surface area contributed by atoms with Crippen molar-refractivity contribution in [1.82, 2.24) is 4.98 Å². The number of amides is 1. The van der Waals surface area contributed by atoms with E-state index in [9.17, 15) is 9.59 Å². The highest BCUT2D eigenvalue weighted by molar-refractivity contribution is 7.14. The molecule has 0 bridgehead atoms. The van der Waals surface area contributed by atoms with Crippen molar-refractivity contribution in [3.05, 3.63) is 52.5 Å². The van der Waals surface area contributed by atoms with Crippen molar-refractivity contribution < 1.29 is 14.7 Å². The summed E-state index contributed by atoms with van der Waals surface area (Å²) in [5.74, 6) is -0.994. The van der Waals surface area contributed by atoms with Crippen LogP contribution in [0.25, 0.3) is 6.08 Å². The van der Waals surface area contributed by atoms with Gasteiger partial charge in [-0.1, -0.05) is 38.1 Å². The molecule has 0 fully saturated rings. The summed E-state index contributed by atoms with van der Waals surface area (Å²) in [6, 6.07) is 7.96. The van der Waals surface area contributed by atoms with Gasteiger partial charge in [0.2, 0.25) is 5.91 Å². The Hall–Kier alpha value is -2.47. The third-order valence-corrected chi connectivity index (χ3v) is 3.74. The van der Waals surface area contributed by atoms with Crippen LogP contribution in [0.5, 0.6) is 0 Å². The number of carbonyl (C=O) groups excluding carboxylic acids is 1. The zero-order chi connectivity index (χ0) is 16.1. The number of aromatic nitrogens is 1. The fourth-order valence-corrected chi connectivity index (χ4v) is 2.43. The number of benzene rings is 1. The highest BCUT2D eigenvalue weighted by Crippen LogP contribution is 2.16. The maximum atomic E-state index is 11.8. The molecule has 0 atom stereocenters. The molecule has 0 radical (unpaired) electrons. The average Bonchev–Trinajstić information content (AvgIpc) is 2.94. The molecule has 5 nitrogen and oxygen atoms in total. The topological polar surface area (TPSA) is 79.3 Å². The molecule has 2 rings (SSSR count). The summed E-state index contributed by atoms with van der Waals surface area (Å²) < 4.78 is 0. The van der Waals surface area contributed by atoms with Gasteiger partial charge in [-0.2, -0.15) is 0 Å². The van der Waals surface area contributed by atoms with Crippen LogP contribution in [0.15, 0.2) is 35.7 Å². The predicted molar refractivity (Wildman–Crippen MR) is 87.3 cm³/mol. The predicted octanol–water partition coefficient (Wildman–Crippen LogP) is 3.62. The van der Waals surface area contributed by atoms with E-state index in [1.807, 2.05) is 24.3 Å². The van der Waals surface area contributed by atoms with Crippen molar-refractivity contribution in [2.24, 2.45) is 0 Å². The number of aromatic carboxylic acids is 1. The SMILES string of the molecule is CC(C)c1ccc(/C=C/C(=O)Nc2nc(C(=O)O)cs2)cc1. The molecule has 2 aromatic rings. The molecule has 0 spiro atoms. The minimum Gasteiger partial charge on any atom is -0.476 e. The quantitative estimate of drug-likeness (QED) is 0.826. The molecule has 6 heteroatoms. The van der Waals surface area contributed by atoms with E-state index in [0.29, 0.717) is 5.92 Å². The lowest BCUT2D eigenvalue weighted by Crippen LogP contribution is -2.08. The summed E-state index contributed by atoms with van der Waals surface area (Å²) in [4.78, 5) is 26.3. The van der Waals surface area contributed by atoms with E-state index in [4.69, 9.17) is 5.11 Å². The molecule has 0 saturated heterocycles. The van der Waals surface area contributed by atoms with Gasteiger partial charge in [-0.05, 0) is 23.1 Å². The fourth-order valence-electron chi connectivity index (χ4n) is 1.74. The Kier molecular flexibility index (Phi) is 5.06. The number of carboxylic acids is 1. The third kappa shape index (κ3) is 4.26. The number of anilines is 1. The van der Waals surface area contributed by atoms with Crippen molar-refractivity contribution in [3.8, 4) is 0 Å². The summed E-state index contributed by atoms with van der Waals surface area (Å²) in [6.07, 6.45) is 3.09. The standard InChI is InChI=1S/C16H16N2O3S/c1-10(2)12-6-3-11(4-7-12)5-8-14(19)18-16-17-13(9-22-16)15(20)21/h3-10H,1-2H3,(H,20,21)(H,17,18,19)/b8-5+. The van der Waals surface area contributed by atoms with Crippen LogP contribution in [-0.2, 0) is 4.79 Å². The van der Waals surface area contributed by atoms with Gasteiger partial charge in [0.15, 0.2) is 10.8 Å². The van der Waals surface area contributed by atoms with Gasteiger partial charge in [0.1, 0.15) is 0 Å². The molecule has 1 heterocycles. The highest BCUT2D eigenvalue weighted by atomic mass is 32.1. The first-order valence-electron chi connectivity index (χ1n) is 6.73. The second kappa shape index (κ2) is 7.00. The fraction of sp³-hybridized carbons (Fsp3) is 0.188. The lowest BCUT2D eigenvalue weighted by atomic mass is 10.0. The Morgan fingerprint density at radius 1 is 1.27 bits per heavy atom. The maximum absolute atomic E-state index is 11.8. The highest BCUT2D eigenvalue weighted by Gasteiger charge is 2.09. The monoisotopic (exact) mass is 316 g/mol. The minimum atomic E-state index is -1.11. The number of hydrogen-bond donors (Lipinski definition) is 2. The number of rotatable bonds is 5. The molecule has 1 aromatic heterocycles. The van der Waals surface area contributed by atoms with Gasteiger partial charge in [-0.25, -0.2) is 9.78 Å². The van der Waals surface area contributed by atoms with Gasteiger partial charge >= 0.3 is 5.97 Å². The van der Waals surface area contributed by atoms with E-state index < -0.39 is 5.97 Å². The Morgan fingerprint density at radius 3 is 2.50 bits per heavy atom. The summed E-state index contributed by atoms with van der Waals surface area (Å²) in [7, 11) is 0. The molecular formula is C16H16N2O3S. The molecule has 22 heavy (non-hydrogen) atoms. The largest absolute Gasteiger partial charge is 0.476 e. The average molecular weight is 316 g/mol. The van der Waals surface area contributed by atoms with E-state index >= 15 is 0 Å². The van der Waals surface area contributed by atoms with Crippen molar-refractivity contribution in [2.45, 2.75) is 19.8 Å². The van der Waals surface area contributed by atoms with Gasteiger partial charge in [0.05, 0.1) is 0 Å². The molecule has 0 aliphatic carbocycles. The first-order chi connectivity index (χ1) is 10.5. The Bertz CT molecular complexity index is 702. The Balaban J connectivity index is 1.97. The first kappa shape index (κ1) is 15.9. The van der Waals surface area contributed by atoms with E-state index in [-0.39, 0.29) is 16.7 Å². The van der Waals surface area contributed by atoms with Gasteiger partial charge in [0.25, 0.3) is 0 Å². The Labute approximate surface area is 132 Å². The number of nitrogens with one attached hydrogen (secondary N) is 1. The van der Waals surface area contributed by atoms with Gasteiger partial charge in [-0.3, -0.25) is 10.1 Å². The van der Waals surface area contributed by atoms with E-state index in [1.54, 1.807) is 6.08 Å². The van der Waals surface area contributed by atoms with Crippen molar-refractivity contribution in [3.63, 3.8) is 0 Å². The van der Waals surface area contributed by atoms with E-state index in [0.717, 1.165) is 16.9 Å². The number of thiazole rings is 1. The van der Waals surface area contributed by atoms with Crippen LogP contribution in [0.2, 0.25) is 0 Å². The maximum Gasteiger partial charge on any atom is 0.355 e. The van der Waals surface area contributed by atoms with Crippen LogP contribution < -0.4 is 5.32 Å². The second-order valence-electron chi connectivity index (χ2n) is 4.99. The van der Waals surface area contributed by atoms with Gasteiger partial charge in [0, 0.05) is 11.5 Å². The van der Waals surface area contributed by atoms with Crippen LogP contribution in [0.4, 0.5) is 5.13 Å². The molecule has 0 unspecified atom stereocenters. The normalized spacial score (nSPS) is 11.0. The van der Waals surface area contributed by atoms with E-state index in [1.165, 1.54) is 17.0 Å². The van der Waals surface area contributed by atoms with Crippen LogP contribution >= 0.6 is 11.3 Å². The number of carboxylic acid groups (broad SMARTS) is 1. The molecule has 0 aliphatic rings. The molecule has 0 aliphatic heterocycles. The summed E-state index contributed by atoms with van der Waals surface area (Å²) in [5, 5.41) is 12.9. The molecule has 2 N–H and O–H groups in total. The molecule has 0 saturated carbocycles. The van der Waals surface area contributed by atoms with Crippen LogP contribution in [-0.4, -0.2) is 22.0 Å². The second-order valence-corrected chi connectivity index (χ2v) is 5.85. The summed E-state index contributed by atoms with van der Waals surface area (Å²) >= 11 is 1.08. The summed E-state index contributed by atoms with van der Waals surface area (Å²) in [5.41, 5.74) is 2.09. The molecule has 114 valence electrons. The van der Waals surface area contributed by atoms with Gasteiger partial charge in [-0.15, -0.1) is 11.3 Å². The molecular weight excluding hydrogens is 300 g/mol. The Morgan fingerprint density at radius 2 is 1.95 bits per heavy atom. The zero-order valence-electron chi connectivity index (χ0n) is 12.2. The van der Waals surface area contributed by atoms with Crippen molar-refractivity contribution >= 4 is 34.4 Å². The third-order valence-electron chi connectivity index (χ3n) is 2.98. The zero-order valence-corrected chi connectivity index (χ0v) is 13.1. The minimum absolute atomic E-state index is 0.0754. The summed E-state index contributed by atoms with van der Waals surface area (Å²) in [6.45, 7) is 4.25. The number of hydrogen-bond acceptors (Lipinski definition) is 4. The lowest BCUT2D eigenvalue weighted by Gasteiger charge is -2.04. The smallest absolute Gasteiger partial charge is 0.355 e. The lowest BCUT2D eigenvalue weighted by molar-refractivity contribution is -0.111. The molecule has 1 aromatic carbocycles. The van der Waals surface area contributed by atoms with E-state index in [2.05, 4.69) is 24.1 Å². The van der Waals surface area contributed by atoms with Crippen molar-refractivity contribution in [1.29, 1.82) is 0 Å². The first-order valence-corrected chi connectivity index (χ1v) is 7.61. The van der Waals surface area contributed by atoms with Gasteiger partial charge < -0.3 is 5.11 Å². The van der Waals surface area contributed by atoms with Crippen LogP contribution in [0, 0.1) is 0 Å². The van der Waals surface area contributed by atoms with Crippen LogP contribution in [0.1, 0.15) is 41.4 Å².